The molecule has 3 rings (SSSR count). The summed E-state index contributed by atoms with van der Waals surface area (Å²) in [5.74, 6) is -2.59. The lowest BCUT2D eigenvalue weighted by Crippen LogP contribution is -2.28. The first kappa shape index (κ1) is 19.2. The highest BCUT2D eigenvalue weighted by Gasteiger charge is 2.49. The Balaban J connectivity index is 1.86. The third kappa shape index (κ3) is 4.07. The Hall–Kier alpha value is -2.56. The fourth-order valence-corrected chi connectivity index (χ4v) is 2.85. The summed E-state index contributed by atoms with van der Waals surface area (Å²) in [4.78, 5) is 0. The first-order valence-electron chi connectivity index (χ1n) is 7.44. The van der Waals surface area contributed by atoms with Crippen molar-refractivity contribution in [3.8, 4) is 17.2 Å². The van der Waals surface area contributed by atoms with E-state index in [1.165, 1.54) is 6.07 Å². The van der Waals surface area contributed by atoms with Gasteiger partial charge in [0.15, 0.2) is 11.6 Å². The zero-order chi connectivity index (χ0) is 19.8. The first-order chi connectivity index (χ1) is 12.6. The van der Waals surface area contributed by atoms with E-state index in [0.717, 1.165) is 24.3 Å². The minimum Gasteiger partial charge on any atom is -0.493 e. The average molecular weight is 410 g/mol. The molecule has 1 aliphatic rings. The van der Waals surface area contributed by atoms with Crippen LogP contribution in [-0.4, -0.2) is 20.5 Å². The maximum atomic E-state index is 13.2. The fraction of sp³-hybridized carbons (Fsp3) is 0.250. The molecule has 146 valence electrons. The fourth-order valence-electron chi connectivity index (χ4n) is 2.37. The third-order valence-corrected chi connectivity index (χ3v) is 4.58. The summed E-state index contributed by atoms with van der Waals surface area (Å²) in [7, 11) is -5.85. The second-order valence-corrected chi connectivity index (χ2v) is 7.05. The molecule has 0 radical (unpaired) electrons. The van der Waals surface area contributed by atoms with Crippen LogP contribution in [0.3, 0.4) is 0 Å². The molecule has 1 aliphatic heterocycles. The van der Waals surface area contributed by atoms with Gasteiger partial charge < -0.3 is 13.7 Å². The predicted molar refractivity (Wildman–Crippen MR) is 81.9 cm³/mol. The molecule has 11 heteroatoms. The Bertz CT molecular complexity index is 972. The molecular formula is C16H11F5O5S. The van der Waals surface area contributed by atoms with Crippen LogP contribution in [0.5, 0.6) is 17.2 Å². The van der Waals surface area contributed by atoms with Crippen LogP contribution in [0.2, 0.25) is 0 Å². The molecule has 0 bridgehead atoms. The van der Waals surface area contributed by atoms with Crippen LogP contribution in [0.1, 0.15) is 11.1 Å². The van der Waals surface area contributed by atoms with E-state index < -0.39 is 33.0 Å². The minimum atomic E-state index is -5.85. The highest BCUT2D eigenvalue weighted by Crippen LogP contribution is 2.38. The maximum absolute atomic E-state index is 13.2. The minimum absolute atomic E-state index is 0.0271. The monoisotopic (exact) mass is 410 g/mol. The van der Waals surface area contributed by atoms with Crippen LogP contribution in [0.15, 0.2) is 30.3 Å². The number of ether oxygens (including phenoxy) is 2. The van der Waals surface area contributed by atoms with Gasteiger partial charge in [-0.3, -0.25) is 0 Å². The molecule has 0 amide bonds. The predicted octanol–water partition coefficient (Wildman–Crippen LogP) is 3.71. The van der Waals surface area contributed by atoms with Crippen LogP contribution in [0.25, 0.3) is 0 Å². The first-order valence-corrected chi connectivity index (χ1v) is 8.85. The summed E-state index contributed by atoms with van der Waals surface area (Å²) < 4.78 is 101. The van der Waals surface area contributed by atoms with Gasteiger partial charge in [0, 0.05) is 18.1 Å². The number of benzene rings is 2. The lowest BCUT2D eigenvalue weighted by atomic mass is 10.1. The van der Waals surface area contributed by atoms with Crippen LogP contribution in [0, 0.1) is 11.6 Å². The summed E-state index contributed by atoms with van der Waals surface area (Å²) in [5, 5.41) is 0. The number of halogens is 5. The molecule has 0 aromatic heterocycles. The largest absolute Gasteiger partial charge is 0.534 e. The van der Waals surface area contributed by atoms with E-state index >= 15 is 0 Å². The lowest BCUT2D eigenvalue weighted by Gasteiger charge is -2.14. The Morgan fingerprint density at radius 3 is 2.48 bits per heavy atom. The van der Waals surface area contributed by atoms with Crippen LogP contribution < -0.4 is 13.7 Å². The molecule has 0 saturated carbocycles. The zero-order valence-corrected chi connectivity index (χ0v) is 14.2. The van der Waals surface area contributed by atoms with E-state index in [-0.39, 0.29) is 42.3 Å². The second-order valence-electron chi connectivity index (χ2n) is 5.52. The molecule has 1 heterocycles. The normalized spacial score (nSPS) is 13.8. The van der Waals surface area contributed by atoms with E-state index in [1.807, 2.05) is 0 Å². The smallest absolute Gasteiger partial charge is 0.493 e. The number of hydrogen-bond donors (Lipinski definition) is 0. The van der Waals surface area contributed by atoms with Gasteiger partial charge in [0.2, 0.25) is 0 Å². The van der Waals surface area contributed by atoms with Crippen molar-refractivity contribution in [3.63, 3.8) is 0 Å². The molecule has 0 spiro atoms. The van der Waals surface area contributed by atoms with Crippen LogP contribution in [0.4, 0.5) is 22.0 Å². The van der Waals surface area contributed by atoms with Crippen LogP contribution >= 0.6 is 0 Å². The lowest BCUT2D eigenvalue weighted by molar-refractivity contribution is -0.0500. The van der Waals surface area contributed by atoms with Crippen molar-refractivity contribution in [2.75, 3.05) is 6.61 Å². The summed E-state index contributed by atoms with van der Waals surface area (Å²) in [6.45, 7) is -0.130. The van der Waals surface area contributed by atoms with E-state index in [1.54, 1.807) is 0 Å². The molecule has 0 saturated heterocycles. The standard InChI is InChI=1S/C16H11F5O5S/c17-12-2-1-10(7-13(12)18)25-8-9-5-14-11(3-4-24-14)15(6-9)26-27(22,23)16(19,20)21/h1-2,5-7H,3-4,8H2. The van der Waals surface area contributed by atoms with Crippen molar-refractivity contribution in [1.82, 2.24) is 0 Å². The summed E-state index contributed by atoms with van der Waals surface area (Å²) in [5.41, 5.74) is -5.19. The van der Waals surface area contributed by atoms with Crippen molar-refractivity contribution in [2.45, 2.75) is 18.5 Å². The van der Waals surface area contributed by atoms with Crippen LogP contribution in [-0.2, 0) is 23.1 Å². The van der Waals surface area contributed by atoms with Gasteiger partial charge in [0.25, 0.3) is 0 Å². The van der Waals surface area contributed by atoms with Crippen molar-refractivity contribution in [1.29, 1.82) is 0 Å². The van der Waals surface area contributed by atoms with E-state index in [0.29, 0.717) is 0 Å². The topological polar surface area (TPSA) is 61.8 Å². The summed E-state index contributed by atoms with van der Waals surface area (Å²) >= 11 is 0. The molecule has 2 aromatic carbocycles. The maximum Gasteiger partial charge on any atom is 0.534 e. The Kier molecular flexibility index (Phi) is 4.89. The van der Waals surface area contributed by atoms with Crippen molar-refractivity contribution in [2.24, 2.45) is 0 Å². The highest BCUT2D eigenvalue weighted by molar-refractivity contribution is 7.88. The number of alkyl halides is 3. The average Bonchev–Trinajstić information content (AvgIpc) is 3.03. The molecule has 0 fully saturated rings. The number of hydrogen-bond acceptors (Lipinski definition) is 5. The van der Waals surface area contributed by atoms with Gasteiger partial charge >= 0.3 is 15.6 Å². The molecule has 0 atom stereocenters. The molecule has 5 nitrogen and oxygen atoms in total. The molecular weight excluding hydrogens is 399 g/mol. The van der Waals surface area contributed by atoms with Crippen molar-refractivity contribution in [3.05, 3.63) is 53.1 Å². The van der Waals surface area contributed by atoms with E-state index in [4.69, 9.17) is 9.47 Å². The quantitative estimate of drug-likeness (QED) is 0.427. The van der Waals surface area contributed by atoms with Gasteiger partial charge in [0.1, 0.15) is 23.9 Å². The van der Waals surface area contributed by atoms with E-state index in [9.17, 15) is 30.4 Å². The van der Waals surface area contributed by atoms with Gasteiger partial charge in [0.05, 0.1) is 6.61 Å². The van der Waals surface area contributed by atoms with Crippen molar-refractivity contribution >= 4 is 10.1 Å². The van der Waals surface area contributed by atoms with Crippen molar-refractivity contribution < 1.29 is 44.0 Å². The Labute approximate surface area is 150 Å². The molecule has 0 unspecified atom stereocenters. The van der Waals surface area contributed by atoms with Gasteiger partial charge in [-0.1, -0.05) is 0 Å². The molecule has 2 aromatic rings. The van der Waals surface area contributed by atoms with Gasteiger partial charge in [-0.15, -0.1) is 0 Å². The third-order valence-electron chi connectivity index (χ3n) is 3.62. The molecule has 0 N–H and O–H groups in total. The van der Waals surface area contributed by atoms with Gasteiger partial charge in [-0.05, 0) is 29.8 Å². The molecule has 27 heavy (non-hydrogen) atoms. The van der Waals surface area contributed by atoms with Gasteiger partial charge in [-0.25, -0.2) is 8.78 Å². The van der Waals surface area contributed by atoms with E-state index in [2.05, 4.69) is 4.18 Å². The highest BCUT2D eigenvalue weighted by atomic mass is 32.2. The Morgan fingerprint density at radius 2 is 1.81 bits per heavy atom. The molecule has 0 aliphatic carbocycles. The summed E-state index contributed by atoms with van der Waals surface area (Å²) in [6.07, 6.45) is 0.169. The number of fused-ring (bicyclic) bond motifs is 1. The second kappa shape index (κ2) is 6.87. The SMILES string of the molecule is O=S(=O)(Oc1cc(COc2ccc(F)c(F)c2)cc2c1CCO2)C(F)(F)F. The zero-order valence-electron chi connectivity index (χ0n) is 13.3. The number of rotatable bonds is 5. The summed E-state index contributed by atoms with van der Waals surface area (Å²) in [6, 6.07) is 5.31. The van der Waals surface area contributed by atoms with Gasteiger partial charge in [-0.2, -0.15) is 21.6 Å². The Morgan fingerprint density at radius 1 is 1.07 bits per heavy atom.